The van der Waals surface area contributed by atoms with Gasteiger partial charge in [0, 0.05) is 0 Å². The number of carbonyl (C=O) groups is 1. The van der Waals surface area contributed by atoms with E-state index in [0.717, 1.165) is 24.3 Å². The second kappa shape index (κ2) is 12.8. The van der Waals surface area contributed by atoms with Crippen molar-refractivity contribution in [2.45, 2.75) is 58.8 Å². The van der Waals surface area contributed by atoms with Crippen LogP contribution in [-0.2, 0) is 0 Å². The molecular weight excluding hydrogens is 352 g/mol. The van der Waals surface area contributed by atoms with E-state index in [-0.39, 0.29) is 5.97 Å². The first kappa shape index (κ1) is 21.8. The van der Waals surface area contributed by atoms with Crippen LogP contribution in [0.3, 0.4) is 0 Å². The molecule has 2 rings (SSSR count). The van der Waals surface area contributed by atoms with Crippen molar-refractivity contribution in [2.24, 2.45) is 0 Å². The zero-order valence-corrected chi connectivity index (χ0v) is 17.1. The average molecular weight is 385 g/mol. The largest absolute Gasteiger partial charge is 0.494 e. The molecule has 0 unspecified atom stereocenters. The highest BCUT2D eigenvalue weighted by Gasteiger charge is 2.09. The summed E-state index contributed by atoms with van der Waals surface area (Å²) in [5, 5.41) is 0. The van der Waals surface area contributed by atoms with E-state index in [2.05, 4.69) is 13.8 Å². The van der Waals surface area contributed by atoms with Gasteiger partial charge in [-0.25, -0.2) is 4.79 Å². The molecule has 0 saturated carbocycles. The minimum absolute atomic E-state index is 0.383. The molecule has 0 N–H and O–H groups in total. The summed E-state index contributed by atoms with van der Waals surface area (Å²) in [5.74, 6) is 1.68. The third-order valence-corrected chi connectivity index (χ3v) is 4.41. The zero-order valence-electron chi connectivity index (χ0n) is 17.1. The third-order valence-electron chi connectivity index (χ3n) is 4.41. The van der Waals surface area contributed by atoms with Gasteiger partial charge in [-0.2, -0.15) is 0 Å². The number of unbranched alkanes of at least 4 members (excludes halogenated alkanes) is 5. The van der Waals surface area contributed by atoms with Gasteiger partial charge in [0.25, 0.3) is 0 Å². The molecule has 2 aromatic carbocycles. The highest BCUT2D eigenvalue weighted by Crippen LogP contribution is 2.20. The molecule has 0 aliphatic heterocycles. The van der Waals surface area contributed by atoms with Crippen LogP contribution >= 0.6 is 0 Å². The summed E-state index contributed by atoms with van der Waals surface area (Å²) >= 11 is 0. The van der Waals surface area contributed by atoms with Gasteiger partial charge >= 0.3 is 5.97 Å². The van der Waals surface area contributed by atoms with Crippen LogP contribution in [0.15, 0.2) is 48.5 Å². The highest BCUT2D eigenvalue weighted by atomic mass is 16.5. The van der Waals surface area contributed by atoms with E-state index >= 15 is 0 Å². The molecule has 0 atom stereocenters. The molecule has 0 aliphatic carbocycles. The third kappa shape index (κ3) is 8.03. The van der Waals surface area contributed by atoms with Gasteiger partial charge < -0.3 is 14.2 Å². The molecule has 4 heteroatoms. The molecule has 0 aromatic heterocycles. The molecule has 28 heavy (non-hydrogen) atoms. The summed E-state index contributed by atoms with van der Waals surface area (Å²) in [6.45, 7) is 5.77. The maximum absolute atomic E-state index is 12.3. The number of hydrogen-bond donors (Lipinski definition) is 0. The van der Waals surface area contributed by atoms with Gasteiger partial charge in [-0.15, -0.1) is 0 Å². The second-order valence-electron chi connectivity index (χ2n) is 6.85. The Kier molecular flexibility index (Phi) is 9.98. The molecule has 0 bridgehead atoms. The van der Waals surface area contributed by atoms with Gasteiger partial charge in [0.1, 0.15) is 17.2 Å². The normalized spacial score (nSPS) is 10.5. The van der Waals surface area contributed by atoms with E-state index in [1.807, 2.05) is 24.3 Å². The number of rotatable bonds is 13. The molecule has 0 fully saturated rings. The smallest absolute Gasteiger partial charge is 0.343 e. The molecule has 4 nitrogen and oxygen atoms in total. The Morgan fingerprint density at radius 3 is 1.68 bits per heavy atom. The lowest BCUT2D eigenvalue weighted by atomic mass is 10.2. The van der Waals surface area contributed by atoms with Crippen LogP contribution < -0.4 is 14.2 Å². The lowest BCUT2D eigenvalue weighted by molar-refractivity contribution is 0.0734. The van der Waals surface area contributed by atoms with E-state index in [0.29, 0.717) is 24.5 Å². The van der Waals surface area contributed by atoms with Gasteiger partial charge in [-0.05, 0) is 61.4 Å². The van der Waals surface area contributed by atoms with Crippen molar-refractivity contribution in [3.05, 3.63) is 54.1 Å². The first-order chi connectivity index (χ1) is 13.7. The van der Waals surface area contributed by atoms with Gasteiger partial charge in [0.05, 0.1) is 18.8 Å². The number of esters is 1. The average Bonchev–Trinajstić information content (AvgIpc) is 2.72. The number of benzene rings is 2. The van der Waals surface area contributed by atoms with E-state index in [1.165, 1.54) is 32.1 Å². The molecule has 152 valence electrons. The van der Waals surface area contributed by atoms with Crippen LogP contribution in [0.2, 0.25) is 0 Å². The Morgan fingerprint density at radius 2 is 1.11 bits per heavy atom. The Morgan fingerprint density at radius 1 is 0.643 bits per heavy atom. The summed E-state index contributed by atoms with van der Waals surface area (Å²) in [4.78, 5) is 12.3. The van der Waals surface area contributed by atoms with E-state index in [1.54, 1.807) is 24.3 Å². The monoisotopic (exact) mass is 384 g/mol. The second-order valence-corrected chi connectivity index (χ2v) is 6.85. The fourth-order valence-electron chi connectivity index (χ4n) is 2.72. The minimum Gasteiger partial charge on any atom is -0.494 e. The van der Waals surface area contributed by atoms with Crippen molar-refractivity contribution in [1.82, 2.24) is 0 Å². The summed E-state index contributed by atoms with van der Waals surface area (Å²) in [7, 11) is 0. The quantitative estimate of drug-likeness (QED) is 0.227. The maximum atomic E-state index is 12.3. The SMILES string of the molecule is CCCCCCOc1ccc(C(=O)Oc2ccc(OCCCCC)cc2)cc1. The van der Waals surface area contributed by atoms with Crippen molar-refractivity contribution < 1.29 is 19.0 Å². The number of carbonyl (C=O) groups excluding carboxylic acids is 1. The van der Waals surface area contributed by atoms with Crippen LogP contribution in [0.4, 0.5) is 0 Å². The Labute approximate surface area is 168 Å². The van der Waals surface area contributed by atoms with E-state index in [4.69, 9.17) is 14.2 Å². The minimum atomic E-state index is -0.383. The first-order valence-corrected chi connectivity index (χ1v) is 10.4. The number of hydrogen-bond acceptors (Lipinski definition) is 4. The van der Waals surface area contributed by atoms with E-state index < -0.39 is 0 Å². The van der Waals surface area contributed by atoms with E-state index in [9.17, 15) is 4.79 Å². The molecule has 0 heterocycles. The number of ether oxygens (including phenoxy) is 3. The molecular formula is C24H32O4. The van der Waals surface area contributed by atoms with Gasteiger partial charge in [-0.3, -0.25) is 0 Å². The molecule has 0 amide bonds. The summed E-state index contributed by atoms with van der Waals surface area (Å²) in [6, 6.07) is 14.2. The molecule has 0 saturated heterocycles. The van der Waals surface area contributed by atoms with Crippen molar-refractivity contribution in [3.63, 3.8) is 0 Å². The van der Waals surface area contributed by atoms with Crippen molar-refractivity contribution in [1.29, 1.82) is 0 Å². The topological polar surface area (TPSA) is 44.8 Å². The van der Waals surface area contributed by atoms with Crippen LogP contribution in [0.1, 0.15) is 69.2 Å². The van der Waals surface area contributed by atoms with Crippen LogP contribution in [0, 0.1) is 0 Å². The lowest BCUT2D eigenvalue weighted by Crippen LogP contribution is -2.08. The summed E-state index contributed by atoms with van der Waals surface area (Å²) in [5.41, 5.74) is 0.498. The van der Waals surface area contributed by atoms with Crippen molar-refractivity contribution in [2.75, 3.05) is 13.2 Å². The van der Waals surface area contributed by atoms with Crippen molar-refractivity contribution >= 4 is 5.97 Å². The Bertz CT molecular complexity index is 677. The molecule has 0 spiro atoms. The van der Waals surface area contributed by atoms with Crippen LogP contribution in [-0.4, -0.2) is 19.2 Å². The predicted molar refractivity (Wildman–Crippen MR) is 112 cm³/mol. The van der Waals surface area contributed by atoms with Crippen LogP contribution in [0.5, 0.6) is 17.2 Å². The predicted octanol–water partition coefficient (Wildman–Crippen LogP) is 6.43. The standard InChI is InChI=1S/C24H32O4/c1-3-5-7-9-19-27-21-12-10-20(11-13-21)24(25)28-23-16-14-22(15-17-23)26-18-8-6-4-2/h10-17H,3-9,18-19H2,1-2H3. The van der Waals surface area contributed by atoms with Crippen LogP contribution in [0.25, 0.3) is 0 Å². The Balaban J connectivity index is 1.77. The summed E-state index contributed by atoms with van der Waals surface area (Å²) in [6.07, 6.45) is 8.07. The first-order valence-electron chi connectivity index (χ1n) is 10.4. The van der Waals surface area contributed by atoms with Gasteiger partial charge in [-0.1, -0.05) is 46.0 Å². The molecule has 0 radical (unpaired) electrons. The maximum Gasteiger partial charge on any atom is 0.343 e. The fourth-order valence-corrected chi connectivity index (χ4v) is 2.72. The van der Waals surface area contributed by atoms with Crippen molar-refractivity contribution in [3.8, 4) is 17.2 Å². The zero-order chi connectivity index (χ0) is 20.0. The highest BCUT2D eigenvalue weighted by molar-refractivity contribution is 5.91. The Hall–Kier alpha value is -2.49. The van der Waals surface area contributed by atoms with Gasteiger partial charge in [0.15, 0.2) is 0 Å². The summed E-state index contributed by atoms with van der Waals surface area (Å²) < 4.78 is 16.8. The molecule has 2 aromatic rings. The molecule has 0 aliphatic rings. The lowest BCUT2D eigenvalue weighted by Gasteiger charge is -2.09. The fraction of sp³-hybridized carbons (Fsp3) is 0.458. The van der Waals surface area contributed by atoms with Gasteiger partial charge in [0.2, 0.25) is 0 Å².